The molecule has 2 N–H and O–H groups in total. The number of halogens is 1. The number of pyridine rings is 1. The summed E-state index contributed by atoms with van der Waals surface area (Å²) in [6.45, 7) is 6.00. The Labute approximate surface area is 180 Å². The summed E-state index contributed by atoms with van der Waals surface area (Å²) in [6.07, 6.45) is 3.63. The number of nitrogens with zero attached hydrogens (tertiary/aromatic N) is 4. The summed E-state index contributed by atoms with van der Waals surface area (Å²) in [6, 6.07) is 10.4. The third-order valence-corrected chi connectivity index (χ3v) is 6.45. The molecule has 1 saturated heterocycles. The second-order valence-corrected chi connectivity index (χ2v) is 8.36. The average molecular weight is 420 g/mol. The van der Waals surface area contributed by atoms with Crippen LogP contribution in [-0.4, -0.2) is 41.5 Å². The molecule has 3 aliphatic rings. The molecule has 3 atom stereocenters. The van der Waals surface area contributed by atoms with Crippen molar-refractivity contribution < 1.29 is 9.18 Å². The molecule has 7 nitrogen and oxygen atoms in total. The van der Waals surface area contributed by atoms with Crippen LogP contribution in [0.5, 0.6) is 0 Å². The molecule has 1 aromatic heterocycles. The summed E-state index contributed by atoms with van der Waals surface area (Å²) >= 11 is 0. The number of carbonyl (C=O) groups excluding carboxylic acids is 1. The van der Waals surface area contributed by atoms with Crippen molar-refractivity contribution in [1.29, 1.82) is 0 Å². The van der Waals surface area contributed by atoms with Gasteiger partial charge >= 0.3 is 6.03 Å². The van der Waals surface area contributed by atoms with Crippen LogP contribution in [-0.2, 0) is 0 Å². The minimum Gasteiger partial charge on any atom is -0.325 e. The summed E-state index contributed by atoms with van der Waals surface area (Å²) < 4.78 is 13.8. The molecule has 31 heavy (non-hydrogen) atoms. The van der Waals surface area contributed by atoms with Gasteiger partial charge in [-0.15, -0.1) is 0 Å². The summed E-state index contributed by atoms with van der Waals surface area (Å²) in [5.41, 5.74) is 2.71. The number of hydrogen-bond acceptors (Lipinski definition) is 5. The van der Waals surface area contributed by atoms with Gasteiger partial charge in [0, 0.05) is 42.2 Å². The van der Waals surface area contributed by atoms with Crippen LogP contribution in [0.25, 0.3) is 0 Å². The van der Waals surface area contributed by atoms with E-state index in [-0.39, 0.29) is 29.6 Å². The molecule has 2 amide bonds. The van der Waals surface area contributed by atoms with Crippen LogP contribution in [0.2, 0.25) is 0 Å². The lowest BCUT2D eigenvalue weighted by atomic mass is 9.82. The smallest absolute Gasteiger partial charge is 0.325 e. The quantitative estimate of drug-likeness (QED) is 0.797. The predicted octanol–water partition coefficient (Wildman–Crippen LogP) is 3.17. The summed E-state index contributed by atoms with van der Waals surface area (Å²) in [4.78, 5) is 25.6. The van der Waals surface area contributed by atoms with Gasteiger partial charge < -0.3 is 10.2 Å². The fraction of sp³-hybridized carbons (Fsp3) is 0.348. The number of benzene rings is 1. The number of nitrogens with one attached hydrogen (secondary N) is 2. The molecule has 3 aliphatic heterocycles. The van der Waals surface area contributed by atoms with Gasteiger partial charge in [0.1, 0.15) is 18.3 Å². The van der Waals surface area contributed by atoms with Gasteiger partial charge in [-0.3, -0.25) is 15.2 Å². The zero-order valence-corrected chi connectivity index (χ0v) is 17.5. The van der Waals surface area contributed by atoms with Gasteiger partial charge in [-0.1, -0.05) is 19.1 Å². The molecule has 0 bridgehead atoms. The lowest BCUT2D eigenvalue weighted by Crippen LogP contribution is -2.50. The Bertz CT molecular complexity index is 1070. The normalized spacial score (nSPS) is 23.9. The molecule has 3 unspecified atom stereocenters. The van der Waals surface area contributed by atoms with Crippen LogP contribution < -0.4 is 15.5 Å². The maximum absolute atomic E-state index is 13.8. The van der Waals surface area contributed by atoms with Crippen molar-refractivity contribution in [1.82, 2.24) is 20.5 Å². The Morgan fingerprint density at radius 2 is 2.10 bits per heavy atom. The highest BCUT2D eigenvalue weighted by molar-refractivity contribution is 6.02. The summed E-state index contributed by atoms with van der Waals surface area (Å²) in [5, 5.41) is 6.45. The summed E-state index contributed by atoms with van der Waals surface area (Å²) in [7, 11) is 0. The number of aromatic nitrogens is 1. The second-order valence-electron chi connectivity index (χ2n) is 8.36. The minimum absolute atomic E-state index is 0.0777. The Morgan fingerprint density at radius 1 is 1.23 bits per heavy atom. The van der Waals surface area contributed by atoms with E-state index in [1.54, 1.807) is 11.0 Å². The van der Waals surface area contributed by atoms with Gasteiger partial charge in [0.05, 0.1) is 0 Å². The Balaban J connectivity index is 1.43. The maximum atomic E-state index is 13.8. The topological polar surface area (TPSA) is 72.9 Å². The van der Waals surface area contributed by atoms with Crippen molar-refractivity contribution in [3.63, 3.8) is 0 Å². The third-order valence-electron chi connectivity index (χ3n) is 6.45. The van der Waals surface area contributed by atoms with Crippen molar-refractivity contribution in [2.75, 3.05) is 24.7 Å². The fourth-order valence-corrected chi connectivity index (χ4v) is 4.66. The number of aryl methyl sites for hydroxylation is 1. The number of amidine groups is 1. The molecule has 0 radical (unpaired) electrons. The third kappa shape index (κ3) is 3.57. The zero-order valence-electron chi connectivity index (χ0n) is 17.5. The Hall–Kier alpha value is -3.26. The first kappa shape index (κ1) is 19.7. The number of rotatable bonds is 4. The molecule has 1 fully saturated rings. The standard InChI is InChI=1S/C23H25FN6O/c1-14-6-7-16(24)9-20(14)29-12-21-27-22(28-23(31)30(21)13-29)18-11-25-10-17(18)15(2)19-5-3-4-8-26-19/h3-9,12,15,17-18,25H,10-11,13H2,1-2H3,(H,27,28,31). The minimum atomic E-state index is -0.305. The van der Waals surface area contributed by atoms with Gasteiger partial charge in [0.2, 0.25) is 0 Å². The molecule has 0 saturated carbocycles. The van der Waals surface area contributed by atoms with Crippen molar-refractivity contribution in [2.45, 2.75) is 19.8 Å². The van der Waals surface area contributed by atoms with E-state index < -0.39 is 0 Å². The number of urea groups is 1. The SMILES string of the molecule is Cc1ccc(F)cc1N1C=C2N=C(C3CNCC3C(C)c3ccccn3)NC(=O)N2C1. The highest BCUT2D eigenvalue weighted by Gasteiger charge is 2.40. The first-order valence-corrected chi connectivity index (χ1v) is 10.5. The van der Waals surface area contributed by atoms with Gasteiger partial charge in [-0.2, -0.15) is 0 Å². The molecular formula is C23H25FN6O. The monoisotopic (exact) mass is 420 g/mol. The largest absolute Gasteiger partial charge is 0.329 e. The van der Waals surface area contributed by atoms with Gasteiger partial charge in [0.25, 0.3) is 0 Å². The number of hydrogen-bond donors (Lipinski definition) is 2. The molecule has 4 heterocycles. The highest BCUT2D eigenvalue weighted by atomic mass is 19.1. The van der Waals surface area contributed by atoms with Gasteiger partial charge in [-0.05, 0) is 49.2 Å². The van der Waals surface area contributed by atoms with Crippen LogP contribution in [0.15, 0.2) is 59.6 Å². The number of carbonyl (C=O) groups is 1. The van der Waals surface area contributed by atoms with Crippen LogP contribution in [0, 0.1) is 24.6 Å². The van der Waals surface area contributed by atoms with E-state index in [4.69, 9.17) is 4.99 Å². The molecule has 0 spiro atoms. The van der Waals surface area contributed by atoms with Crippen LogP contribution in [0.3, 0.4) is 0 Å². The lowest BCUT2D eigenvalue weighted by molar-refractivity contribution is 0.216. The second kappa shape index (κ2) is 7.77. The average Bonchev–Trinajstić information content (AvgIpc) is 3.43. The first-order chi connectivity index (χ1) is 15.0. The van der Waals surface area contributed by atoms with E-state index in [9.17, 15) is 9.18 Å². The van der Waals surface area contributed by atoms with Crippen molar-refractivity contribution in [3.8, 4) is 0 Å². The molecule has 2 aromatic rings. The predicted molar refractivity (Wildman–Crippen MR) is 117 cm³/mol. The molecule has 160 valence electrons. The fourth-order valence-electron chi connectivity index (χ4n) is 4.66. The number of aliphatic imine (C=N–C) groups is 1. The Kier molecular flexibility index (Phi) is 4.94. The van der Waals surface area contributed by atoms with Crippen molar-refractivity contribution in [2.24, 2.45) is 16.8 Å². The molecule has 1 aromatic carbocycles. The molecule has 5 rings (SSSR count). The maximum Gasteiger partial charge on any atom is 0.329 e. The van der Waals surface area contributed by atoms with E-state index >= 15 is 0 Å². The number of amides is 2. The van der Waals surface area contributed by atoms with E-state index in [1.165, 1.54) is 12.1 Å². The first-order valence-electron chi connectivity index (χ1n) is 10.5. The lowest BCUT2D eigenvalue weighted by Gasteiger charge is -2.30. The van der Waals surface area contributed by atoms with E-state index in [0.717, 1.165) is 30.0 Å². The van der Waals surface area contributed by atoms with E-state index in [0.29, 0.717) is 18.3 Å². The van der Waals surface area contributed by atoms with Gasteiger partial charge in [-0.25, -0.2) is 14.2 Å². The summed E-state index contributed by atoms with van der Waals surface area (Å²) in [5.74, 6) is 1.53. The van der Waals surface area contributed by atoms with E-state index in [1.807, 2.05) is 42.4 Å². The molecule has 8 heteroatoms. The Morgan fingerprint density at radius 3 is 2.90 bits per heavy atom. The van der Waals surface area contributed by atoms with Crippen molar-refractivity contribution >= 4 is 17.6 Å². The van der Waals surface area contributed by atoms with Crippen LogP contribution >= 0.6 is 0 Å². The van der Waals surface area contributed by atoms with Gasteiger partial charge in [0.15, 0.2) is 5.82 Å². The van der Waals surface area contributed by atoms with Crippen LogP contribution in [0.1, 0.15) is 24.1 Å². The van der Waals surface area contributed by atoms with E-state index in [2.05, 4.69) is 22.5 Å². The molecular weight excluding hydrogens is 395 g/mol. The van der Waals surface area contributed by atoms with Crippen molar-refractivity contribution in [3.05, 3.63) is 71.7 Å². The highest BCUT2D eigenvalue weighted by Crippen LogP contribution is 2.34. The van der Waals surface area contributed by atoms with Crippen LogP contribution in [0.4, 0.5) is 14.9 Å². The molecule has 0 aliphatic carbocycles. The number of fused-ring (bicyclic) bond motifs is 1. The zero-order chi connectivity index (χ0) is 21.5. The number of anilines is 1.